The maximum atomic E-state index is 13.3. The Bertz CT molecular complexity index is 1380. The summed E-state index contributed by atoms with van der Waals surface area (Å²) in [6.45, 7) is 7.47. The van der Waals surface area contributed by atoms with Crippen molar-refractivity contribution in [3.8, 4) is 33.2 Å². The third-order valence-electron chi connectivity index (χ3n) is 5.25. The molecule has 0 fully saturated rings. The largest absolute Gasteiger partial charge is 0.434 e. The lowest BCUT2D eigenvalue weighted by Gasteiger charge is -2.14. The summed E-state index contributed by atoms with van der Waals surface area (Å²) in [6.07, 6.45) is -0.0549. The number of aromatic nitrogens is 5. The highest BCUT2D eigenvalue weighted by molar-refractivity contribution is 7.13. The van der Waals surface area contributed by atoms with Crippen LogP contribution >= 0.6 is 11.3 Å². The molecule has 194 valence electrons. The first-order valence-corrected chi connectivity index (χ1v) is 12.2. The minimum Gasteiger partial charge on any atom is -0.403 e. The monoisotopic (exact) mass is 532 g/mol. The van der Waals surface area contributed by atoms with Gasteiger partial charge < -0.3 is 14.6 Å². The molecule has 4 aromatic heterocycles. The van der Waals surface area contributed by atoms with E-state index in [9.17, 15) is 18.0 Å². The molecule has 10 nitrogen and oxygen atoms in total. The number of anilines is 2. The molecule has 4 heterocycles. The lowest BCUT2D eigenvalue weighted by molar-refractivity contribution is -0.140. The number of rotatable bonds is 8. The molecule has 4 aromatic rings. The number of nitrogens with one attached hydrogen (secondary N) is 2. The molecule has 0 bridgehead atoms. The normalized spacial score (nSPS) is 11.4. The fraction of sp³-hybridized carbons (Fsp3) is 0.304. The molecule has 37 heavy (non-hydrogen) atoms. The fourth-order valence-electron chi connectivity index (χ4n) is 3.44. The van der Waals surface area contributed by atoms with Crippen molar-refractivity contribution in [1.82, 2.24) is 30.5 Å². The van der Waals surface area contributed by atoms with E-state index >= 15 is 0 Å². The van der Waals surface area contributed by atoms with Gasteiger partial charge in [0.05, 0.1) is 5.56 Å². The molecule has 4 rings (SSSR count). The fourth-order valence-corrected chi connectivity index (χ4v) is 4.29. The van der Waals surface area contributed by atoms with Crippen LogP contribution in [0.2, 0.25) is 0 Å². The topological polar surface area (TPSA) is 122 Å². The van der Waals surface area contributed by atoms with Gasteiger partial charge in [-0.3, -0.25) is 10.3 Å². The molecular weight excluding hydrogens is 509 g/mol. The molecule has 14 heteroatoms. The third kappa shape index (κ3) is 5.85. The van der Waals surface area contributed by atoms with E-state index < -0.39 is 17.9 Å². The molecular formula is C23H23F3N8O2S. The van der Waals surface area contributed by atoms with E-state index in [2.05, 4.69) is 35.8 Å². The van der Waals surface area contributed by atoms with Crippen LogP contribution in [-0.2, 0) is 6.18 Å². The summed E-state index contributed by atoms with van der Waals surface area (Å²) in [5.41, 5.74) is 0.859. The molecule has 0 saturated heterocycles. The van der Waals surface area contributed by atoms with Gasteiger partial charge in [-0.15, -0.1) is 16.4 Å². The van der Waals surface area contributed by atoms with Crippen molar-refractivity contribution >= 4 is 29.2 Å². The van der Waals surface area contributed by atoms with Crippen molar-refractivity contribution < 1.29 is 22.4 Å². The van der Waals surface area contributed by atoms with Crippen molar-refractivity contribution in [2.24, 2.45) is 0 Å². The summed E-state index contributed by atoms with van der Waals surface area (Å²) < 4.78 is 45.6. The summed E-state index contributed by atoms with van der Waals surface area (Å²) in [7, 11) is 0. The van der Waals surface area contributed by atoms with E-state index in [1.165, 1.54) is 12.3 Å². The van der Waals surface area contributed by atoms with Crippen molar-refractivity contribution in [2.75, 3.05) is 29.9 Å². The molecule has 0 aliphatic rings. The van der Waals surface area contributed by atoms with Crippen molar-refractivity contribution in [3.63, 3.8) is 0 Å². The zero-order chi connectivity index (χ0) is 26.6. The highest BCUT2D eigenvalue weighted by atomic mass is 32.1. The second-order valence-electron chi connectivity index (χ2n) is 7.66. The zero-order valence-corrected chi connectivity index (χ0v) is 20.9. The molecule has 2 amide bonds. The third-order valence-corrected chi connectivity index (χ3v) is 6.13. The van der Waals surface area contributed by atoms with Crippen LogP contribution in [0, 0.1) is 0 Å². The Morgan fingerprint density at radius 1 is 1.05 bits per heavy atom. The second kappa shape index (κ2) is 10.9. The molecule has 0 atom stereocenters. The van der Waals surface area contributed by atoms with Crippen LogP contribution in [0.4, 0.5) is 29.8 Å². The number of alkyl halides is 3. The SMILES string of the molecule is CCNC(=O)Nc1cc(-c2nc(C(F)(F)F)cs2)c(-c2cncc(-c3nnc(N(CC)CC)o3)c2)cn1. The van der Waals surface area contributed by atoms with Crippen molar-refractivity contribution in [1.29, 1.82) is 0 Å². The minimum absolute atomic E-state index is 0.107. The molecule has 0 spiro atoms. The van der Waals surface area contributed by atoms with Gasteiger partial charge in [-0.1, -0.05) is 5.10 Å². The van der Waals surface area contributed by atoms with Gasteiger partial charge in [0.25, 0.3) is 5.89 Å². The number of pyridine rings is 2. The van der Waals surface area contributed by atoms with E-state index in [1.54, 1.807) is 25.4 Å². The summed E-state index contributed by atoms with van der Waals surface area (Å²) >= 11 is 0.834. The Labute approximate surface area is 214 Å². The molecule has 0 saturated carbocycles. The first kappa shape index (κ1) is 26.0. The number of hydrogen-bond acceptors (Lipinski definition) is 9. The van der Waals surface area contributed by atoms with Crippen LogP contribution in [0.25, 0.3) is 33.2 Å². The van der Waals surface area contributed by atoms with Gasteiger partial charge in [0.2, 0.25) is 0 Å². The highest BCUT2D eigenvalue weighted by Crippen LogP contribution is 2.39. The molecule has 0 aliphatic carbocycles. The summed E-state index contributed by atoms with van der Waals surface area (Å²) in [5, 5.41) is 14.4. The Hall–Kier alpha value is -4.07. The van der Waals surface area contributed by atoms with Crippen LogP contribution < -0.4 is 15.5 Å². The quantitative estimate of drug-likeness (QED) is 0.313. The number of hydrogen-bond donors (Lipinski definition) is 2. The lowest BCUT2D eigenvalue weighted by atomic mass is 10.0. The number of amides is 2. The number of thiazole rings is 1. The van der Waals surface area contributed by atoms with Crippen LogP contribution in [-0.4, -0.2) is 50.8 Å². The smallest absolute Gasteiger partial charge is 0.403 e. The van der Waals surface area contributed by atoms with Gasteiger partial charge in [0.1, 0.15) is 10.8 Å². The maximum absolute atomic E-state index is 13.3. The zero-order valence-electron chi connectivity index (χ0n) is 20.1. The molecule has 2 N–H and O–H groups in total. The lowest BCUT2D eigenvalue weighted by Crippen LogP contribution is -2.28. The summed E-state index contributed by atoms with van der Waals surface area (Å²) in [5.74, 6) is 0.396. The van der Waals surface area contributed by atoms with Crippen molar-refractivity contribution in [3.05, 3.63) is 41.8 Å². The Morgan fingerprint density at radius 3 is 2.49 bits per heavy atom. The molecule has 0 aliphatic heterocycles. The summed E-state index contributed by atoms with van der Waals surface area (Å²) in [4.78, 5) is 26.2. The second-order valence-corrected chi connectivity index (χ2v) is 8.52. The van der Waals surface area contributed by atoms with E-state index in [4.69, 9.17) is 4.42 Å². The van der Waals surface area contributed by atoms with Crippen LogP contribution in [0.5, 0.6) is 0 Å². The average molecular weight is 533 g/mol. The van der Waals surface area contributed by atoms with Crippen LogP contribution in [0.1, 0.15) is 26.5 Å². The molecule has 0 radical (unpaired) electrons. The van der Waals surface area contributed by atoms with Gasteiger partial charge in [-0.2, -0.15) is 13.2 Å². The minimum atomic E-state index is -4.59. The number of nitrogens with zero attached hydrogens (tertiary/aromatic N) is 6. The Balaban J connectivity index is 1.77. The first-order valence-electron chi connectivity index (χ1n) is 11.4. The predicted molar refractivity (Wildman–Crippen MR) is 133 cm³/mol. The van der Waals surface area contributed by atoms with E-state index in [1.807, 2.05) is 18.7 Å². The Kier molecular flexibility index (Phi) is 7.66. The number of carbonyl (C=O) groups is 1. The van der Waals surface area contributed by atoms with E-state index in [0.29, 0.717) is 47.9 Å². The number of halogens is 3. The molecule has 0 unspecified atom stereocenters. The van der Waals surface area contributed by atoms with Crippen LogP contribution in [0.15, 0.2) is 40.5 Å². The van der Waals surface area contributed by atoms with Gasteiger partial charge in [0, 0.05) is 60.3 Å². The van der Waals surface area contributed by atoms with Gasteiger partial charge in [0.15, 0.2) is 5.69 Å². The predicted octanol–water partition coefficient (Wildman–Crippen LogP) is 5.32. The van der Waals surface area contributed by atoms with Gasteiger partial charge in [-0.25, -0.2) is 14.8 Å². The van der Waals surface area contributed by atoms with E-state index in [-0.39, 0.29) is 16.7 Å². The summed E-state index contributed by atoms with van der Waals surface area (Å²) in [6, 6.07) is 3.08. The molecule has 0 aromatic carbocycles. The van der Waals surface area contributed by atoms with E-state index in [0.717, 1.165) is 16.7 Å². The maximum Gasteiger partial charge on any atom is 0.434 e. The highest BCUT2D eigenvalue weighted by Gasteiger charge is 2.34. The van der Waals surface area contributed by atoms with Crippen LogP contribution in [0.3, 0.4) is 0 Å². The Morgan fingerprint density at radius 2 is 1.81 bits per heavy atom. The van der Waals surface area contributed by atoms with Crippen molar-refractivity contribution in [2.45, 2.75) is 26.9 Å². The van der Waals surface area contributed by atoms with Gasteiger partial charge >= 0.3 is 18.2 Å². The first-order chi connectivity index (χ1) is 17.7. The average Bonchev–Trinajstić information content (AvgIpc) is 3.56. The number of urea groups is 1. The standard InChI is InChI=1S/C23H23F3N8O2S/c1-4-28-21(35)31-18-8-15(20-30-17(12-37-20)23(24,25)26)16(11-29-18)13-7-14(10-27-9-13)19-32-33-22(36-19)34(5-2)6-3/h7-12H,4-6H2,1-3H3,(H2,28,29,31,35). The van der Waals surface area contributed by atoms with Gasteiger partial charge in [-0.05, 0) is 32.9 Å². The number of carbonyl (C=O) groups excluding carboxylic acids is 1.